The molecule has 3 aromatic carbocycles. The van der Waals surface area contributed by atoms with Gasteiger partial charge < -0.3 is 10.1 Å². The predicted molar refractivity (Wildman–Crippen MR) is 139 cm³/mol. The number of anilines is 2. The Morgan fingerprint density at radius 3 is 2.13 bits per heavy atom. The molecule has 0 saturated carbocycles. The summed E-state index contributed by atoms with van der Waals surface area (Å²) in [5, 5.41) is 2.00. The highest BCUT2D eigenvalue weighted by Gasteiger charge is 2.31. The molecule has 202 valence electrons. The lowest BCUT2D eigenvalue weighted by Gasteiger charge is -2.16. The topological polar surface area (TPSA) is 102 Å². The molecule has 3 aromatic rings. The molecule has 38 heavy (non-hydrogen) atoms. The zero-order chi connectivity index (χ0) is 28.4. The number of hydrogen-bond donors (Lipinski definition) is 2. The lowest BCUT2D eigenvalue weighted by molar-refractivity contribution is -0.137. The minimum Gasteiger partial charge on any atom is -0.449 e. The number of hydrogen-bond acceptors (Lipinski definition) is 5. The first-order valence-electron chi connectivity index (χ1n) is 10.2. The van der Waals surface area contributed by atoms with Crippen LogP contribution in [0, 0.1) is 0 Å². The summed E-state index contributed by atoms with van der Waals surface area (Å²) in [7, 11) is -4.36. The molecular weight excluding hydrogens is 615 g/mol. The van der Waals surface area contributed by atoms with Gasteiger partial charge in [0.05, 0.1) is 37.6 Å². The van der Waals surface area contributed by atoms with Crippen molar-refractivity contribution in [3.63, 3.8) is 0 Å². The van der Waals surface area contributed by atoms with E-state index in [0.717, 1.165) is 37.3 Å². The summed E-state index contributed by atoms with van der Waals surface area (Å²) in [6.45, 7) is 1.16. The van der Waals surface area contributed by atoms with Crippen molar-refractivity contribution in [1.82, 2.24) is 0 Å². The summed E-state index contributed by atoms with van der Waals surface area (Å²) < 4.78 is 72.0. The number of alkyl halides is 3. The number of carbonyl (C=O) groups excluding carboxylic acids is 2. The first-order valence-corrected chi connectivity index (χ1v) is 13.2. The van der Waals surface area contributed by atoms with Crippen LogP contribution in [0.5, 0.6) is 0 Å². The highest BCUT2D eigenvalue weighted by atomic mass is 35.5. The number of carbonyl (C=O) groups is 2. The van der Waals surface area contributed by atoms with E-state index in [9.17, 15) is 31.2 Å². The van der Waals surface area contributed by atoms with Crippen LogP contribution in [0.2, 0.25) is 20.1 Å². The van der Waals surface area contributed by atoms with E-state index in [0.29, 0.717) is 6.07 Å². The van der Waals surface area contributed by atoms with E-state index in [-0.39, 0.29) is 37.0 Å². The van der Waals surface area contributed by atoms with E-state index in [4.69, 9.17) is 51.1 Å². The SMILES string of the molecule is C[C@@H](OC(=O)c1ccc(Cl)c(S(=O)(=O)Nc2cc(Cl)ccc2Cl)c1)C(=O)Nc1cc(C(F)(F)F)ccc1Cl. The monoisotopic (exact) mass is 628 g/mol. The van der Waals surface area contributed by atoms with Crippen LogP contribution in [-0.2, 0) is 25.7 Å². The quantitative estimate of drug-likeness (QED) is 0.267. The van der Waals surface area contributed by atoms with E-state index in [1.54, 1.807) is 0 Å². The van der Waals surface area contributed by atoms with Crippen LogP contribution >= 0.6 is 46.4 Å². The molecule has 15 heteroatoms. The standard InChI is InChI=1S/C23H15Cl4F3N2O5S/c1-11(21(33)31-18-9-13(23(28,29)30)3-6-15(18)25)37-22(34)12-2-5-17(27)20(8-12)38(35,36)32-19-10-14(24)4-7-16(19)26/h2-11,32H,1H3,(H,31,33)/t11-/m1/s1. The molecule has 0 unspecified atom stereocenters. The summed E-state index contributed by atoms with van der Waals surface area (Å²) in [5.41, 5.74) is -1.73. The van der Waals surface area contributed by atoms with Crippen molar-refractivity contribution >= 4 is 79.7 Å². The van der Waals surface area contributed by atoms with Crippen molar-refractivity contribution in [3.8, 4) is 0 Å². The van der Waals surface area contributed by atoms with Crippen LogP contribution in [0.3, 0.4) is 0 Å². The third-order valence-electron chi connectivity index (χ3n) is 4.83. The third-order valence-corrected chi connectivity index (χ3v) is 7.58. The Bertz CT molecular complexity index is 1520. The fourth-order valence-corrected chi connectivity index (χ4v) is 5.08. The minimum absolute atomic E-state index is 0.0400. The number of esters is 1. The van der Waals surface area contributed by atoms with E-state index in [1.165, 1.54) is 18.2 Å². The van der Waals surface area contributed by atoms with Crippen LogP contribution in [0.4, 0.5) is 24.5 Å². The van der Waals surface area contributed by atoms with Gasteiger partial charge in [-0.1, -0.05) is 46.4 Å². The van der Waals surface area contributed by atoms with Gasteiger partial charge in [-0.2, -0.15) is 13.2 Å². The van der Waals surface area contributed by atoms with Gasteiger partial charge in [-0.15, -0.1) is 0 Å². The number of halogens is 7. The molecule has 7 nitrogen and oxygen atoms in total. The number of ether oxygens (including phenoxy) is 1. The number of benzene rings is 3. The second-order valence-corrected chi connectivity index (χ2v) is 10.9. The Balaban J connectivity index is 1.77. The Labute approximate surface area is 234 Å². The van der Waals surface area contributed by atoms with Crippen LogP contribution in [-0.4, -0.2) is 26.4 Å². The van der Waals surface area contributed by atoms with Crippen molar-refractivity contribution in [3.05, 3.63) is 85.8 Å². The molecule has 0 aliphatic heterocycles. The van der Waals surface area contributed by atoms with Crippen molar-refractivity contribution < 1.29 is 35.9 Å². The molecular formula is C23H15Cl4F3N2O5S. The molecule has 0 saturated heterocycles. The first kappa shape index (κ1) is 29.9. The fraction of sp³-hybridized carbons (Fsp3) is 0.130. The smallest absolute Gasteiger partial charge is 0.416 e. The van der Waals surface area contributed by atoms with E-state index < -0.39 is 44.6 Å². The van der Waals surface area contributed by atoms with E-state index in [1.807, 2.05) is 0 Å². The Morgan fingerprint density at radius 2 is 1.47 bits per heavy atom. The van der Waals surface area contributed by atoms with Gasteiger partial charge in [0.15, 0.2) is 6.10 Å². The molecule has 0 bridgehead atoms. The predicted octanol–water partition coefficient (Wildman–Crippen LogP) is 7.30. The van der Waals surface area contributed by atoms with Crippen LogP contribution < -0.4 is 10.0 Å². The summed E-state index contributed by atoms with van der Waals surface area (Å²) in [6.07, 6.45) is -6.19. The Hall–Kier alpha value is -2.70. The first-order chi connectivity index (χ1) is 17.6. The van der Waals surface area contributed by atoms with Gasteiger partial charge in [0.25, 0.3) is 15.9 Å². The van der Waals surface area contributed by atoms with Gasteiger partial charge in [0, 0.05) is 5.02 Å². The lowest BCUT2D eigenvalue weighted by atomic mass is 10.2. The normalized spacial score (nSPS) is 12.5. The number of amides is 1. The maximum Gasteiger partial charge on any atom is 0.416 e. The number of nitrogens with one attached hydrogen (secondary N) is 2. The number of rotatable bonds is 7. The summed E-state index contributed by atoms with van der Waals surface area (Å²) in [5.74, 6) is -2.10. The molecule has 0 fully saturated rings. The van der Waals surface area contributed by atoms with Gasteiger partial charge in [-0.25, -0.2) is 13.2 Å². The molecule has 1 amide bonds. The van der Waals surface area contributed by atoms with E-state index >= 15 is 0 Å². The molecule has 3 rings (SSSR count). The average Bonchev–Trinajstić information content (AvgIpc) is 2.81. The molecule has 0 aromatic heterocycles. The second kappa shape index (κ2) is 11.6. The van der Waals surface area contributed by atoms with Gasteiger partial charge in [0.1, 0.15) is 4.90 Å². The zero-order valence-electron chi connectivity index (χ0n) is 18.9. The van der Waals surface area contributed by atoms with Crippen molar-refractivity contribution in [2.45, 2.75) is 24.1 Å². The van der Waals surface area contributed by atoms with E-state index in [2.05, 4.69) is 10.0 Å². The summed E-state index contributed by atoms with van der Waals surface area (Å²) >= 11 is 23.8. The molecule has 0 spiro atoms. The molecule has 0 radical (unpaired) electrons. The fourth-order valence-electron chi connectivity index (χ4n) is 2.93. The zero-order valence-corrected chi connectivity index (χ0v) is 22.7. The van der Waals surface area contributed by atoms with Crippen molar-refractivity contribution in [1.29, 1.82) is 0 Å². The molecule has 0 aliphatic rings. The van der Waals surface area contributed by atoms with Crippen LogP contribution in [0.25, 0.3) is 0 Å². The molecule has 2 N–H and O–H groups in total. The average molecular weight is 630 g/mol. The second-order valence-electron chi connectivity index (χ2n) is 7.60. The summed E-state index contributed by atoms with van der Waals surface area (Å²) in [4.78, 5) is 24.6. The highest BCUT2D eigenvalue weighted by Crippen LogP contribution is 2.34. The van der Waals surface area contributed by atoms with Crippen LogP contribution in [0.1, 0.15) is 22.8 Å². The van der Waals surface area contributed by atoms with Gasteiger partial charge in [-0.3, -0.25) is 9.52 Å². The third kappa shape index (κ3) is 7.23. The van der Waals surface area contributed by atoms with Crippen LogP contribution in [0.15, 0.2) is 59.5 Å². The molecule has 0 aliphatic carbocycles. The van der Waals surface area contributed by atoms with Gasteiger partial charge in [-0.05, 0) is 61.5 Å². The van der Waals surface area contributed by atoms with Gasteiger partial charge >= 0.3 is 12.1 Å². The van der Waals surface area contributed by atoms with Crippen molar-refractivity contribution in [2.75, 3.05) is 10.0 Å². The van der Waals surface area contributed by atoms with Crippen molar-refractivity contribution in [2.24, 2.45) is 0 Å². The maximum absolute atomic E-state index is 13.0. The summed E-state index contributed by atoms with van der Waals surface area (Å²) in [6, 6.07) is 9.61. The Morgan fingerprint density at radius 1 is 0.868 bits per heavy atom. The molecule has 0 heterocycles. The Kier molecular flexibility index (Phi) is 9.10. The number of sulfonamides is 1. The largest absolute Gasteiger partial charge is 0.449 e. The lowest BCUT2D eigenvalue weighted by Crippen LogP contribution is -2.30. The highest BCUT2D eigenvalue weighted by molar-refractivity contribution is 7.92. The molecule has 1 atom stereocenters. The maximum atomic E-state index is 13.0. The minimum atomic E-state index is -4.68. The van der Waals surface area contributed by atoms with Gasteiger partial charge in [0.2, 0.25) is 0 Å².